The average molecular weight is 280 g/mol. The fourth-order valence-corrected chi connectivity index (χ4v) is 2.63. The van der Waals surface area contributed by atoms with Crippen LogP contribution in [0, 0.1) is 22.7 Å². The summed E-state index contributed by atoms with van der Waals surface area (Å²) >= 11 is 1.26. The first-order valence-corrected chi connectivity index (χ1v) is 6.42. The SMILES string of the molecule is N#Cc1cccc(Sc2cccc(C(=O)O)c2)c1C#N. The van der Waals surface area contributed by atoms with Gasteiger partial charge in [0.2, 0.25) is 0 Å². The Hall–Kier alpha value is -2.76. The zero-order chi connectivity index (χ0) is 14.5. The molecule has 96 valence electrons. The highest BCUT2D eigenvalue weighted by atomic mass is 32.2. The fourth-order valence-electron chi connectivity index (χ4n) is 1.64. The lowest BCUT2D eigenvalue weighted by Crippen LogP contribution is -1.95. The second-order valence-electron chi connectivity index (χ2n) is 3.84. The Kier molecular flexibility index (Phi) is 4.05. The van der Waals surface area contributed by atoms with Crippen LogP contribution < -0.4 is 0 Å². The van der Waals surface area contributed by atoms with Gasteiger partial charge in [0.25, 0.3) is 0 Å². The summed E-state index contributed by atoms with van der Waals surface area (Å²) in [6.45, 7) is 0. The first-order chi connectivity index (χ1) is 9.65. The molecule has 0 spiro atoms. The van der Waals surface area contributed by atoms with Gasteiger partial charge in [-0.3, -0.25) is 0 Å². The van der Waals surface area contributed by atoms with Gasteiger partial charge in [0.15, 0.2) is 0 Å². The lowest BCUT2D eigenvalue weighted by atomic mass is 10.1. The van der Waals surface area contributed by atoms with E-state index in [1.54, 1.807) is 30.3 Å². The molecular weight excluding hydrogens is 272 g/mol. The molecule has 1 N–H and O–H groups in total. The molecule has 0 fully saturated rings. The minimum absolute atomic E-state index is 0.185. The van der Waals surface area contributed by atoms with E-state index in [-0.39, 0.29) is 5.56 Å². The van der Waals surface area contributed by atoms with Crippen molar-refractivity contribution in [1.29, 1.82) is 10.5 Å². The second-order valence-corrected chi connectivity index (χ2v) is 4.95. The van der Waals surface area contributed by atoms with Crippen LogP contribution in [0.4, 0.5) is 0 Å². The number of benzene rings is 2. The van der Waals surface area contributed by atoms with E-state index in [0.717, 1.165) is 0 Å². The van der Waals surface area contributed by atoms with Crippen LogP contribution in [0.2, 0.25) is 0 Å². The first-order valence-electron chi connectivity index (χ1n) is 5.60. The molecule has 2 rings (SSSR count). The molecule has 20 heavy (non-hydrogen) atoms. The molecule has 0 bridgehead atoms. The normalized spacial score (nSPS) is 9.50. The number of carboxylic acid groups (broad SMARTS) is 1. The van der Waals surface area contributed by atoms with E-state index in [9.17, 15) is 4.79 Å². The van der Waals surface area contributed by atoms with Crippen LogP contribution in [0.5, 0.6) is 0 Å². The summed E-state index contributed by atoms with van der Waals surface area (Å²) in [6, 6.07) is 15.4. The number of nitrogens with zero attached hydrogens (tertiary/aromatic N) is 2. The molecule has 0 saturated carbocycles. The summed E-state index contributed by atoms with van der Waals surface area (Å²) in [5, 5.41) is 27.1. The monoisotopic (exact) mass is 280 g/mol. The van der Waals surface area contributed by atoms with E-state index in [4.69, 9.17) is 15.6 Å². The number of nitriles is 2. The van der Waals surface area contributed by atoms with Gasteiger partial charge in [0.05, 0.1) is 16.7 Å². The molecule has 0 amide bonds. The van der Waals surface area contributed by atoms with Crippen LogP contribution in [0.25, 0.3) is 0 Å². The first kappa shape index (κ1) is 13.7. The molecule has 5 heteroatoms. The number of hydrogen-bond donors (Lipinski definition) is 1. The molecule has 0 aromatic heterocycles. The van der Waals surface area contributed by atoms with Gasteiger partial charge in [-0.25, -0.2) is 4.79 Å². The Balaban J connectivity index is 2.41. The maximum Gasteiger partial charge on any atom is 0.335 e. The summed E-state index contributed by atoms with van der Waals surface area (Å²) in [7, 11) is 0. The topological polar surface area (TPSA) is 84.9 Å². The summed E-state index contributed by atoms with van der Waals surface area (Å²) in [5.41, 5.74) is 0.803. The van der Waals surface area contributed by atoms with E-state index in [1.807, 2.05) is 12.1 Å². The average Bonchev–Trinajstić information content (AvgIpc) is 2.47. The summed E-state index contributed by atoms with van der Waals surface area (Å²) in [4.78, 5) is 12.3. The van der Waals surface area contributed by atoms with Crippen molar-refractivity contribution < 1.29 is 9.90 Å². The highest BCUT2D eigenvalue weighted by molar-refractivity contribution is 7.99. The quantitative estimate of drug-likeness (QED) is 0.932. The smallest absolute Gasteiger partial charge is 0.335 e. The van der Waals surface area contributed by atoms with Gasteiger partial charge in [-0.1, -0.05) is 23.9 Å². The third-order valence-corrected chi connectivity index (χ3v) is 3.62. The number of carboxylic acids is 1. The Morgan fingerprint density at radius 2 is 1.85 bits per heavy atom. The Bertz CT molecular complexity index is 757. The van der Waals surface area contributed by atoms with Gasteiger partial charge >= 0.3 is 5.97 Å². The third kappa shape index (κ3) is 2.80. The van der Waals surface area contributed by atoms with E-state index < -0.39 is 5.97 Å². The van der Waals surface area contributed by atoms with Crippen molar-refractivity contribution in [2.45, 2.75) is 9.79 Å². The van der Waals surface area contributed by atoms with Crippen LogP contribution in [-0.2, 0) is 0 Å². The summed E-state index contributed by atoms with van der Waals surface area (Å²) in [5.74, 6) is -1.00. The van der Waals surface area contributed by atoms with Crippen molar-refractivity contribution in [1.82, 2.24) is 0 Å². The summed E-state index contributed by atoms with van der Waals surface area (Å²) in [6.07, 6.45) is 0. The van der Waals surface area contributed by atoms with E-state index in [0.29, 0.717) is 20.9 Å². The van der Waals surface area contributed by atoms with E-state index in [2.05, 4.69) is 0 Å². The highest BCUT2D eigenvalue weighted by Crippen LogP contribution is 2.32. The molecule has 0 aliphatic rings. The molecule has 0 radical (unpaired) electrons. The number of aromatic carboxylic acids is 1. The second kappa shape index (κ2) is 5.92. The van der Waals surface area contributed by atoms with Crippen molar-refractivity contribution in [3.8, 4) is 12.1 Å². The van der Waals surface area contributed by atoms with Crippen molar-refractivity contribution in [3.63, 3.8) is 0 Å². The van der Waals surface area contributed by atoms with Crippen LogP contribution in [0.15, 0.2) is 52.3 Å². The van der Waals surface area contributed by atoms with Gasteiger partial charge in [0, 0.05) is 9.79 Å². The zero-order valence-corrected chi connectivity index (χ0v) is 11.0. The molecule has 0 saturated heterocycles. The minimum Gasteiger partial charge on any atom is -0.478 e. The van der Waals surface area contributed by atoms with Gasteiger partial charge in [-0.15, -0.1) is 0 Å². The molecule has 4 nitrogen and oxygen atoms in total. The van der Waals surface area contributed by atoms with Gasteiger partial charge in [-0.2, -0.15) is 10.5 Å². The Labute approximate surface area is 119 Å². The van der Waals surface area contributed by atoms with Crippen LogP contribution in [0.3, 0.4) is 0 Å². The van der Waals surface area contributed by atoms with Crippen LogP contribution >= 0.6 is 11.8 Å². The molecule has 2 aromatic carbocycles. The molecule has 2 aromatic rings. The minimum atomic E-state index is -1.00. The van der Waals surface area contributed by atoms with Crippen molar-refractivity contribution in [3.05, 3.63) is 59.2 Å². The standard InChI is InChI=1S/C15H8N2O2S/c16-8-11-4-2-6-14(13(11)9-17)20-12-5-1-3-10(7-12)15(18)19/h1-7H,(H,18,19). The highest BCUT2D eigenvalue weighted by Gasteiger charge is 2.10. The maximum atomic E-state index is 10.9. The number of rotatable bonds is 3. The van der Waals surface area contributed by atoms with Crippen molar-refractivity contribution in [2.24, 2.45) is 0 Å². The Morgan fingerprint density at radius 1 is 1.10 bits per heavy atom. The zero-order valence-electron chi connectivity index (χ0n) is 10.2. The maximum absolute atomic E-state index is 10.9. The molecule has 0 heterocycles. The number of carbonyl (C=O) groups is 1. The molecule has 0 aliphatic heterocycles. The van der Waals surface area contributed by atoms with Gasteiger partial charge in [-0.05, 0) is 30.3 Å². The fraction of sp³-hybridized carbons (Fsp3) is 0. The lowest BCUT2D eigenvalue weighted by molar-refractivity contribution is 0.0696. The molecule has 0 unspecified atom stereocenters. The van der Waals surface area contributed by atoms with Crippen LogP contribution in [-0.4, -0.2) is 11.1 Å². The van der Waals surface area contributed by atoms with Crippen molar-refractivity contribution >= 4 is 17.7 Å². The summed E-state index contributed by atoms with van der Waals surface area (Å²) < 4.78 is 0. The lowest BCUT2D eigenvalue weighted by Gasteiger charge is -2.05. The largest absolute Gasteiger partial charge is 0.478 e. The number of hydrogen-bond acceptors (Lipinski definition) is 4. The molecular formula is C15H8N2O2S. The van der Waals surface area contributed by atoms with Gasteiger partial charge in [0.1, 0.15) is 12.1 Å². The predicted molar refractivity (Wildman–Crippen MR) is 73.4 cm³/mol. The predicted octanol–water partition coefficient (Wildman–Crippen LogP) is 3.28. The van der Waals surface area contributed by atoms with E-state index in [1.165, 1.54) is 23.9 Å². The third-order valence-electron chi connectivity index (χ3n) is 2.57. The van der Waals surface area contributed by atoms with Gasteiger partial charge < -0.3 is 5.11 Å². The van der Waals surface area contributed by atoms with Crippen LogP contribution in [0.1, 0.15) is 21.5 Å². The van der Waals surface area contributed by atoms with Crippen molar-refractivity contribution in [2.75, 3.05) is 0 Å². The molecule has 0 atom stereocenters. The molecule has 0 aliphatic carbocycles. The van der Waals surface area contributed by atoms with E-state index >= 15 is 0 Å². The Morgan fingerprint density at radius 3 is 2.50 bits per heavy atom.